The topological polar surface area (TPSA) is 9.23 Å². The molecule has 0 aromatic heterocycles. The van der Waals surface area contributed by atoms with E-state index in [1.807, 2.05) is 0 Å². The van der Waals surface area contributed by atoms with Crippen LogP contribution in [0.1, 0.15) is 88.0 Å². The van der Waals surface area contributed by atoms with E-state index in [2.05, 4.69) is 107 Å². The Labute approximate surface area is 190 Å². The van der Waals surface area contributed by atoms with Crippen molar-refractivity contribution in [2.75, 3.05) is 0 Å². The second-order valence-electron chi connectivity index (χ2n) is 9.08. The van der Waals surface area contributed by atoms with Gasteiger partial charge in [-0.3, -0.25) is 0 Å². The van der Waals surface area contributed by atoms with Gasteiger partial charge in [-0.05, 0) is 73.2 Å². The van der Waals surface area contributed by atoms with Crippen LogP contribution in [0.4, 0.5) is 0 Å². The minimum absolute atomic E-state index is 0.208. The average molecular weight is 515 g/mol. The van der Waals surface area contributed by atoms with E-state index in [0.717, 1.165) is 25.7 Å². The van der Waals surface area contributed by atoms with Gasteiger partial charge in [-0.15, -0.1) is 6.42 Å². The monoisotopic (exact) mass is 514 g/mol. The summed E-state index contributed by atoms with van der Waals surface area (Å²) in [5.41, 5.74) is 5.88. The lowest BCUT2D eigenvalue weighted by atomic mass is 10.0. The SMILES string of the molecule is C#C[C@H](/C=C(\C)CC/C=C(\C)CC/C(C)=C/I)O[Si](C(C)C)(C(C)C)C(C)C. The molecule has 0 saturated heterocycles. The Hall–Kier alpha value is -0.313. The van der Waals surface area contributed by atoms with E-state index in [1.165, 1.54) is 16.7 Å². The molecule has 0 rings (SSSR count). The van der Waals surface area contributed by atoms with Crippen molar-refractivity contribution in [1.82, 2.24) is 0 Å². The van der Waals surface area contributed by atoms with Crippen molar-refractivity contribution in [3.63, 3.8) is 0 Å². The van der Waals surface area contributed by atoms with Crippen molar-refractivity contribution in [3.05, 3.63) is 33.0 Å². The van der Waals surface area contributed by atoms with Crippen LogP contribution in [0, 0.1) is 12.3 Å². The van der Waals surface area contributed by atoms with Crippen molar-refractivity contribution < 1.29 is 4.43 Å². The number of terminal acetylenes is 1. The second-order valence-corrected chi connectivity index (χ2v) is 15.1. The van der Waals surface area contributed by atoms with Gasteiger partial charge in [0.15, 0.2) is 0 Å². The third kappa shape index (κ3) is 9.01. The number of hydrogen-bond donors (Lipinski definition) is 0. The lowest BCUT2D eigenvalue weighted by molar-refractivity contribution is 0.264. The zero-order chi connectivity index (χ0) is 21.9. The van der Waals surface area contributed by atoms with Crippen molar-refractivity contribution in [3.8, 4) is 12.3 Å². The molecule has 3 heteroatoms. The molecule has 1 nitrogen and oxygen atoms in total. The van der Waals surface area contributed by atoms with E-state index < -0.39 is 8.32 Å². The van der Waals surface area contributed by atoms with Crippen molar-refractivity contribution in [2.24, 2.45) is 0 Å². The molecule has 0 fully saturated rings. The van der Waals surface area contributed by atoms with Crippen LogP contribution >= 0.6 is 22.6 Å². The van der Waals surface area contributed by atoms with E-state index in [4.69, 9.17) is 10.8 Å². The van der Waals surface area contributed by atoms with Gasteiger partial charge in [0.2, 0.25) is 8.32 Å². The highest BCUT2D eigenvalue weighted by Gasteiger charge is 2.46. The zero-order valence-electron chi connectivity index (χ0n) is 19.7. The van der Waals surface area contributed by atoms with Crippen molar-refractivity contribution in [1.29, 1.82) is 0 Å². The normalized spacial score (nSPS) is 15.5. The maximum atomic E-state index is 6.75. The molecule has 0 aliphatic carbocycles. The maximum absolute atomic E-state index is 6.75. The minimum Gasteiger partial charge on any atom is -0.399 e. The summed E-state index contributed by atoms with van der Waals surface area (Å²) in [7, 11) is -1.96. The van der Waals surface area contributed by atoms with Crippen LogP contribution in [-0.2, 0) is 4.43 Å². The molecule has 0 bridgehead atoms. The molecular formula is C25H43IOSi. The third-order valence-electron chi connectivity index (χ3n) is 5.77. The van der Waals surface area contributed by atoms with Crippen LogP contribution in [0.5, 0.6) is 0 Å². The maximum Gasteiger partial charge on any atom is 0.202 e. The number of halogens is 1. The molecule has 0 aliphatic heterocycles. The van der Waals surface area contributed by atoms with E-state index in [1.54, 1.807) is 0 Å². The number of rotatable bonds is 12. The summed E-state index contributed by atoms with van der Waals surface area (Å²) in [6.07, 6.45) is 14.6. The molecule has 0 heterocycles. The van der Waals surface area contributed by atoms with E-state index in [9.17, 15) is 0 Å². The van der Waals surface area contributed by atoms with Gasteiger partial charge in [0, 0.05) is 0 Å². The molecule has 0 aliphatic rings. The van der Waals surface area contributed by atoms with Crippen molar-refractivity contribution in [2.45, 2.75) is 111 Å². The summed E-state index contributed by atoms with van der Waals surface area (Å²) >= 11 is 2.32. The minimum atomic E-state index is -1.96. The summed E-state index contributed by atoms with van der Waals surface area (Å²) in [5.74, 6) is 2.90. The fourth-order valence-corrected chi connectivity index (χ4v) is 9.89. The third-order valence-corrected chi connectivity index (χ3v) is 12.9. The first-order valence-corrected chi connectivity index (χ1v) is 14.1. The van der Waals surface area contributed by atoms with Gasteiger partial charge >= 0.3 is 0 Å². The molecule has 0 aromatic rings. The Kier molecular flexibility index (Phi) is 13.7. The number of hydrogen-bond acceptors (Lipinski definition) is 1. The Morgan fingerprint density at radius 1 is 0.893 bits per heavy atom. The van der Waals surface area contributed by atoms with Gasteiger partial charge in [-0.25, -0.2) is 0 Å². The van der Waals surface area contributed by atoms with Gasteiger partial charge in [0.05, 0.1) is 0 Å². The van der Waals surface area contributed by atoms with Crippen molar-refractivity contribution >= 4 is 30.9 Å². The molecule has 0 aromatic carbocycles. The molecule has 0 amide bonds. The van der Waals surface area contributed by atoms with Gasteiger partial charge in [-0.1, -0.05) is 92.8 Å². The highest BCUT2D eigenvalue weighted by Crippen LogP contribution is 2.43. The Morgan fingerprint density at radius 3 is 1.82 bits per heavy atom. The van der Waals surface area contributed by atoms with Crippen LogP contribution in [0.2, 0.25) is 16.6 Å². The van der Waals surface area contributed by atoms with Crippen LogP contribution in [0.3, 0.4) is 0 Å². The smallest absolute Gasteiger partial charge is 0.202 e. The highest BCUT2D eigenvalue weighted by molar-refractivity contribution is 14.1. The fourth-order valence-electron chi connectivity index (χ4n) is 4.18. The molecule has 0 unspecified atom stereocenters. The summed E-state index contributed by atoms with van der Waals surface area (Å²) in [4.78, 5) is 0. The Balaban J connectivity index is 5.03. The summed E-state index contributed by atoms with van der Waals surface area (Å²) in [6, 6.07) is 0. The van der Waals surface area contributed by atoms with Gasteiger partial charge in [-0.2, -0.15) is 0 Å². The summed E-state index contributed by atoms with van der Waals surface area (Å²) in [6.45, 7) is 20.4. The largest absolute Gasteiger partial charge is 0.399 e. The second kappa shape index (κ2) is 13.8. The molecular weight excluding hydrogens is 471 g/mol. The molecule has 0 saturated carbocycles. The summed E-state index contributed by atoms with van der Waals surface area (Å²) in [5, 5.41) is 0. The van der Waals surface area contributed by atoms with E-state index in [0.29, 0.717) is 16.6 Å². The first-order valence-electron chi connectivity index (χ1n) is 10.7. The molecule has 0 radical (unpaired) electrons. The van der Waals surface area contributed by atoms with Crippen LogP contribution in [0.25, 0.3) is 0 Å². The molecule has 28 heavy (non-hydrogen) atoms. The van der Waals surface area contributed by atoms with Crippen LogP contribution in [0.15, 0.2) is 33.0 Å². The molecule has 1 atom stereocenters. The summed E-state index contributed by atoms with van der Waals surface area (Å²) < 4.78 is 8.92. The van der Waals surface area contributed by atoms with E-state index >= 15 is 0 Å². The van der Waals surface area contributed by atoms with Gasteiger partial charge in [0.25, 0.3) is 0 Å². The molecule has 0 N–H and O–H groups in total. The molecule has 0 spiro atoms. The number of allylic oxidation sites excluding steroid dienone is 4. The predicted octanol–water partition coefficient (Wildman–Crippen LogP) is 8.97. The van der Waals surface area contributed by atoms with Crippen LogP contribution in [-0.4, -0.2) is 14.4 Å². The molecule has 160 valence electrons. The van der Waals surface area contributed by atoms with E-state index in [-0.39, 0.29) is 6.10 Å². The highest BCUT2D eigenvalue weighted by atomic mass is 127. The fraction of sp³-hybridized carbons (Fsp3) is 0.680. The predicted molar refractivity (Wildman–Crippen MR) is 139 cm³/mol. The first kappa shape index (κ1) is 27.7. The lowest BCUT2D eigenvalue weighted by Gasteiger charge is -2.43. The zero-order valence-corrected chi connectivity index (χ0v) is 22.9. The Bertz CT molecular complexity index is 568. The van der Waals surface area contributed by atoms with Gasteiger partial charge < -0.3 is 4.43 Å². The Morgan fingerprint density at radius 2 is 1.39 bits per heavy atom. The average Bonchev–Trinajstić information content (AvgIpc) is 2.61. The van der Waals surface area contributed by atoms with Crippen LogP contribution < -0.4 is 0 Å². The standard InChI is InChI=1S/C25H43IOSi/c1-11-25(27-28(19(2)3,20(4)5)21(6)7)17-23(9)14-12-13-22(8)15-16-24(10)18-26/h1,13,17-21,25H,12,14-16H2,2-10H3/b22-13+,23-17+,24-18+/t25-/m1/s1. The first-order chi connectivity index (χ1) is 13.0. The van der Waals surface area contributed by atoms with Gasteiger partial charge in [0.1, 0.15) is 6.10 Å². The quantitative estimate of drug-likeness (QED) is 0.109. The lowest BCUT2D eigenvalue weighted by Crippen LogP contribution is -2.49.